The van der Waals surface area contributed by atoms with Gasteiger partial charge in [-0.3, -0.25) is 4.57 Å². The number of fused-ring (bicyclic) bond motifs is 10. The first kappa shape index (κ1) is 32.3. The fourth-order valence-corrected chi connectivity index (χ4v) is 8.62. The second kappa shape index (κ2) is 12.8. The van der Waals surface area contributed by atoms with Gasteiger partial charge in [-0.2, -0.15) is 0 Å². The minimum atomic E-state index is 0.529. The Kier molecular flexibility index (Phi) is 7.13. The zero-order valence-corrected chi connectivity index (χ0v) is 31.0. The number of nitrogens with zero attached hydrogens (tertiary/aromatic N) is 5. The molecule has 0 amide bonds. The van der Waals surface area contributed by atoms with Crippen LogP contribution in [0, 0.1) is 0 Å². The topological polar surface area (TPSA) is 69.6 Å². The van der Waals surface area contributed by atoms with Crippen LogP contribution in [0.2, 0.25) is 0 Å². The van der Waals surface area contributed by atoms with Crippen LogP contribution in [0.25, 0.3) is 117 Å². The van der Waals surface area contributed by atoms with Crippen molar-refractivity contribution in [2.45, 2.75) is 0 Å². The van der Waals surface area contributed by atoms with Gasteiger partial charge in [-0.25, -0.2) is 19.9 Å². The van der Waals surface area contributed by atoms with Crippen molar-refractivity contribution in [1.29, 1.82) is 0 Å². The summed E-state index contributed by atoms with van der Waals surface area (Å²) in [6.45, 7) is 0. The molecule has 0 saturated carbocycles. The van der Waals surface area contributed by atoms with Gasteiger partial charge in [0.2, 0.25) is 0 Å². The zero-order chi connectivity index (χ0) is 38.2. The predicted molar refractivity (Wildman–Crippen MR) is 236 cm³/mol. The molecular weight excluding hydrogens is 711 g/mol. The monoisotopic (exact) mass is 741 g/mol. The highest BCUT2D eigenvalue weighted by Gasteiger charge is 2.22. The zero-order valence-electron chi connectivity index (χ0n) is 31.0. The molecule has 58 heavy (non-hydrogen) atoms. The van der Waals surface area contributed by atoms with Crippen LogP contribution in [-0.4, -0.2) is 24.5 Å². The highest BCUT2D eigenvalue weighted by molar-refractivity contribution is 6.25. The Bertz CT molecular complexity index is 3550. The molecule has 0 unspecified atom stereocenters. The summed E-state index contributed by atoms with van der Waals surface area (Å²) < 4.78 is 8.78. The highest BCUT2D eigenvalue weighted by Crippen LogP contribution is 2.40. The third kappa shape index (κ3) is 4.98. The molecule has 0 aliphatic carbocycles. The van der Waals surface area contributed by atoms with Crippen molar-refractivity contribution >= 4 is 65.3 Å². The molecular formula is C52H31N5O. The van der Waals surface area contributed by atoms with Crippen LogP contribution in [-0.2, 0) is 0 Å². The second-order valence-electron chi connectivity index (χ2n) is 14.6. The number of aromatic nitrogens is 5. The minimum Gasteiger partial charge on any atom is -0.455 e. The van der Waals surface area contributed by atoms with Crippen molar-refractivity contribution in [2.24, 2.45) is 0 Å². The normalized spacial score (nSPS) is 11.8. The Morgan fingerprint density at radius 1 is 0.362 bits per heavy atom. The van der Waals surface area contributed by atoms with E-state index < -0.39 is 0 Å². The smallest absolute Gasteiger partial charge is 0.167 e. The maximum atomic E-state index is 6.56. The predicted octanol–water partition coefficient (Wildman–Crippen LogP) is 13.2. The molecule has 0 aliphatic heterocycles. The lowest BCUT2D eigenvalue weighted by Crippen LogP contribution is -2.04. The molecule has 0 radical (unpaired) electrons. The molecule has 0 N–H and O–H groups in total. The maximum absolute atomic E-state index is 6.56. The van der Waals surface area contributed by atoms with Crippen molar-refractivity contribution in [2.75, 3.05) is 0 Å². The van der Waals surface area contributed by atoms with Crippen LogP contribution < -0.4 is 0 Å². The van der Waals surface area contributed by atoms with Gasteiger partial charge in [0.15, 0.2) is 17.5 Å². The van der Waals surface area contributed by atoms with Crippen LogP contribution in [0.4, 0.5) is 0 Å². The van der Waals surface area contributed by atoms with E-state index in [4.69, 9.17) is 24.4 Å². The molecule has 0 spiro atoms. The van der Waals surface area contributed by atoms with E-state index in [1.165, 1.54) is 26.9 Å². The van der Waals surface area contributed by atoms with E-state index in [1.54, 1.807) is 0 Å². The Labute approximate surface area is 332 Å². The Hall–Kier alpha value is -7.96. The molecule has 12 aromatic rings. The van der Waals surface area contributed by atoms with Gasteiger partial charge in [-0.15, -0.1) is 0 Å². The van der Waals surface area contributed by atoms with Gasteiger partial charge < -0.3 is 4.42 Å². The average molecular weight is 742 g/mol. The minimum absolute atomic E-state index is 0.529. The number of imidazole rings is 1. The Morgan fingerprint density at radius 3 is 1.72 bits per heavy atom. The third-order valence-corrected chi connectivity index (χ3v) is 11.3. The van der Waals surface area contributed by atoms with Crippen molar-refractivity contribution < 1.29 is 4.42 Å². The van der Waals surface area contributed by atoms with Gasteiger partial charge in [0.1, 0.15) is 17.0 Å². The van der Waals surface area contributed by atoms with Crippen LogP contribution in [0.5, 0.6) is 0 Å². The summed E-state index contributed by atoms with van der Waals surface area (Å²) in [4.78, 5) is 21.1. The van der Waals surface area contributed by atoms with Crippen LogP contribution in [0.1, 0.15) is 0 Å². The third-order valence-electron chi connectivity index (χ3n) is 11.3. The van der Waals surface area contributed by atoms with Crippen molar-refractivity contribution in [1.82, 2.24) is 24.5 Å². The molecule has 0 aliphatic rings. The van der Waals surface area contributed by atoms with Crippen molar-refractivity contribution in [3.63, 3.8) is 0 Å². The molecule has 3 aromatic heterocycles. The van der Waals surface area contributed by atoms with E-state index in [-0.39, 0.29) is 0 Å². The molecule has 12 rings (SSSR count). The number of hydrogen-bond donors (Lipinski definition) is 0. The highest BCUT2D eigenvalue weighted by atomic mass is 16.3. The summed E-state index contributed by atoms with van der Waals surface area (Å²) >= 11 is 0. The molecule has 270 valence electrons. The van der Waals surface area contributed by atoms with E-state index in [2.05, 4.69) is 132 Å². The van der Waals surface area contributed by atoms with Gasteiger partial charge in [-0.05, 0) is 74.8 Å². The van der Waals surface area contributed by atoms with Gasteiger partial charge in [0, 0.05) is 27.5 Å². The lowest BCUT2D eigenvalue weighted by molar-refractivity contribution is 0.669. The average Bonchev–Trinajstić information content (AvgIpc) is 3.88. The fraction of sp³-hybridized carbons (Fsp3) is 0. The molecule has 3 heterocycles. The summed E-state index contributed by atoms with van der Waals surface area (Å²) in [6.07, 6.45) is 0. The van der Waals surface area contributed by atoms with Gasteiger partial charge in [-0.1, -0.05) is 146 Å². The second-order valence-corrected chi connectivity index (χ2v) is 14.6. The number of para-hydroxylation sites is 5. The van der Waals surface area contributed by atoms with E-state index >= 15 is 0 Å². The van der Waals surface area contributed by atoms with E-state index in [0.29, 0.717) is 17.5 Å². The molecule has 0 bridgehead atoms. The summed E-state index contributed by atoms with van der Waals surface area (Å²) in [5.41, 5.74) is 7.92. The van der Waals surface area contributed by atoms with Crippen molar-refractivity contribution in [3.05, 3.63) is 188 Å². The number of rotatable bonds is 5. The summed E-state index contributed by atoms with van der Waals surface area (Å²) in [5, 5.41) is 9.24. The fourth-order valence-electron chi connectivity index (χ4n) is 8.62. The van der Waals surface area contributed by atoms with Gasteiger partial charge in [0.05, 0.1) is 22.3 Å². The first-order valence-electron chi connectivity index (χ1n) is 19.4. The van der Waals surface area contributed by atoms with Crippen LogP contribution in [0.15, 0.2) is 192 Å². The van der Waals surface area contributed by atoms with Crippen molar-refractivity contribution in [3.8, 4) is 51.2 Å². The van der Waals surface area contributed by atoms with E-state index in [0.717, 1.165) is 72.1 Å². The van der Waals surface area contributed by atoms with Crippen LogP contribution in [0.3, 0.4) is 0 Å². The maximum Gasteiger partial charge on any atom is 0.167 e. The summed E-state index contributed by atoms with van der Waals surface area (Å²) in [5.74, 6) is 2.48. The first-order valence-corrected chi connectivity index (χ1v) is 19.4. The molecule has 0 saturated heterocycles. The van der Waals surface area contributed by atoms with Crippen LogP contribution >= 0.6 is 0 Å². The SMILES string of the molecule is c1ccc(-c2nc3ccccc3n2-c2ccccc2-c2nc(-c3ccc4c5ccccc5c5ccccc5c4c3)nc(-c3cccc4c3oc3ccccc34)n2)cc1. The summed E-state index contributed by atoms with van der Waals surface area (Å²) in [6, 6.07) is 65.0. The number of furan rings is 1. The van der Waals surface area contributed by atoms with E-state index in [1.807, 2.05) is 60.7 Å². The molecule has 6 heteroatoms. The number of hydrogen-bond acceptors (Lipinski definition) is 5. The molecule has 9 aromatic carbocycles. The molecule has 0 atom stereocenters. The Balaban J connectivity index is 1.14. The summed E-state index contributed by atoms with van der Waals surface area (Å²) in [7, 11) is 0. The lowest BCUT2D eigenvalue weighted by atomic mass is 9.93. The molecule has 6 nitrogen and oxygen atoms in total. The molecule has 0 fully saturated rings. The number of benzene rings is 9. The van der Waals surface area contributed by atoms with E-state index in [9.17, 15) is 0 Å². The largest absolute Gasteiger partial charge is 0.455 e. The quantitative estimate of drug-likeness (QED) is 0.164. The van der Waals surface area contributed by atoms with Gasteiger partial charge in [0.25, 0.3) is 0 Å². The van der Waals surface area contributed by atoms with Gasteiger partial charge >= 0.3 is 0 Å². The standard InChI is InChI=1S/C52H31N5O/c1-2-15-32(16-3-1)52-53-44-25-10-12-27-46(44)57(52)45-26-11-8-22-41(45)50-54-49(55-51(56-50)42-24-14-23-40-39-21-9-13-28-47(39)58-48(40)42)33-29-30-38-36-19-5-4-17-34(36)35-18-6-7-20-37(35)43(38)31-33/h1-31H. The first-order chi connectivity index (χ1) is 28.8. The Morgan fingerprint density at radius 2 is 0.931 bits per heavy atom. The lowest BCUT2D eigenvalue weighted by Gasteiger charge is -2.16.